The summed E-state index contributed by atoms with van der Waals surface area (Å²) in [6.45, 7) is 1.89. The highest BCUT2D eigenvalue weighted by molar-refractivity contribution is 5.19. The second kappa shape index (κ2) is 6.10. The molecule has 0 radical (unpaired) electrons. The SMILES string of the molecule is NCC(OC1CCOCC1)c1ccc(F)cc1. The normalized spacial score (nSPS) is 19.2. The van der Waals surface area contributed by atoms with Crippen molar-refractivity contribution >= 4 is 0 Å². The summed E-state index contributed by atoms with van der Waals surface area (Å²) in [7, 11) is 0. The van der Waals surface area contributed by atoms with Crippen molar-refractivity contribution in [3.05, 3.63) is 35.6 Å². The molecular weight excluding hydrogens is 221 g/mol. The van der Waals surface area contributed by atoms with E-state index >= 15 is 0 Å². The molecule has 1 aromatic carbocycles. The summed E-state index contributed by atoms with van der Waals surface area (Å²) in [6.07, 6.45) is 1.84. The van der Waals surface area contributed by atoms with E-state index in [4.69, 9.17) is 15.2 Å². The van der Waals surface area contributed by atoms with Crippen LogP contribution in [0, 0.1) is 5.82 Å². The Kier molecular flexibility index (Phi) is 4.48. The van der Waals surface area contributed by atoms with Gasteiger partial charge in [-0.2, -0.15) is 0 Å². The van der Waals surface area contributed by atoms with Crippen molar-refractivity contribution in [2.45, 2.75) is 25.0 Å². The van der Waals surface area contributed by atoms with Gasteiger partial charge >= 0.3 is 0 Å². The Bertz CT molecular complexity index is 336. The Balaban J connectivity index is 1.97. The highest BCUT2D eigenvalue weighted by Crippen LogP contribution is 2.22. The van der Waals surface area contributed by atoms with Crippen LogP contribution in [0.3, 0.4) is 0 Å². The maximum atomic E-state index is 12.8. The van der Waals surface area contributed by atoms with Gasteiger partial charge in [-0.15, -0.1) is 0 Å². The second-order valence-corrected chi connectivity index (χ2v) is 4.22. The van der Waals surface area contributed by atoms with Crippen molar-refractivity contribution in [2.24, 2.45) is 5.73 Å². The van der Waals surface area contributed by atoms with E-state index in [1.54, 1.807) is 12.1 Å². The first-order chi connectivity index (χ1) is 8.29. The standard InChI is InChI=1S/C13H18FNO2/c14-11-3-1-10(2-4-11)13(9-15)17-12-5-7-16-8-6-12/h1-4,12-13H,5-9,15H2. The highest BCUT2D eigenvalue weighted by Gasteiger charge is 2.19. The van der Waals surface area contributed by atoms with Gasteiger partial charge < -0.3 is 15.2 Å². The van der Waals surface area contributed by atoms with E-state index in [1.165, 1.54) is 12.1 Å². The molecule has 0 saturated carbocycles. The molecule has 0 amide bonds. The first kappa shape index (κ1) is 12.5. The van der Waals surface area contributed by atoms with Crippen LogP contribution in [0.2, 0.25) is 0 Å². The van der Waals surface area contributed by atoms with Crippen molar-refractivity contribution < 1.29 is 13.9 Å². The van der Waals surface area contributed by atoms with Crippen molar-refractivity contribution in [3.8, 4) is 0 Å². The molecule has 0 spiro atoms. The van der Waals surface area contributed by atoms with Crippen molar-refractivity contribution in [3.63, 3.8) is 0 Å². The minimum Gasteiger partial charge on any atom is -0.381 e. The van der Waals surface area contributed by atoms with Gasteiger partial charge in [-0.25, -0.2) is 4.39 Å². The van der Waals surface area contributed by atoms with Crippen LogP contribution >= 0.6 is 0 Å². The van der Waals surface area contributed by atoms with Crippen molar-refractivity contribution in [1.82, 2.24) is 0 Å². The number of halogens is 1. The van der Waals surface area contributed by atoms with Gasteiger partial charge in [0, 0.05) is 19.8 Å². The van der Waals surface area contributed by atoms with Gasteiger partial charge in [0.15, 0.2) is 0 Å². The summed E-state index contributed by atoms with van der Waals surface area (Å²) in [5, 5.41) is 0. The molecule has 0 aromatic heterocycles. The monoisotopic (exact) mass is 239 g/mol. The van der Waals surface area contributed by atoms with Gasteiger partial charge in [0.05, 0.1) is 12.2 Å². The fourth-order valence-electron chi connectivity index (χ4n) is 1.99. The Labute approximate surface area is 101 Å². The minimum atomic E-state index is -0.240. The second-order valence-electron chi connectivity index (χ2n) is 4.22. The zero-order valence-corrected chi connectivity index (χ0v) is 9.77. The highest BCUT2D eigenvalue weighted by atomic mass is 19.1. The van der Waals surface area contributed by atoms with Crippen molar-refractivity contribution in [2.75, 3.05) is 19.8 Å². The third kappa shape index (κ3) is 3.49. The molecule has 2 N–H and O–H groups in total. The summed E-state index contributed by atoms with van der Waals surface area (Å²) in [5.74, 6) is -0.240. The fraction of sp³-hybridized carbons (Fsp3) is 0.538. The zero-order chi connectivity index (χ0) is 12.1. The molecule has 1 atom stereocenters. The summed E-state index contributed by atoms with van der Waals surface area (Å²) in [6, 6.07) is 6.33. The molecular formula is C13H18FNO2. The molecule has 1 unspecified atom stereocenters. The van der Waals surface area contributed by atoms with Crippen LogP contribution in [0.25, 0.3) is 0 Å². The Morgan fingerprint density at radius 1 is 1.29 bits per heavy atom. The predicted molar refractivity (Wildman–Crippen MR) is 63.1 cm³/mol. The lowest BCUT2D eigenvalue weighted by Crippen LogP contribution is -2.28. The lowest BCUT2D eigenvalue weighted by atomic mass is 10.1. The molecule has 0 bridgehead atoms. The molecule has 1 aromatic rings. The van der Waals surface area contributed by atoms with Gasteiger partial charge in [-0.1, -0.05) is 12.1 Å². The number of ether oxygens (including phenoxy) is 2. The van der Waals surface area contributed by atoms with Gasteiger partial charge in [-0.3, -0.25) is 0 Å². The molecule has 1 aliphatic heterocycles. The zero-order valence-electron chi connectivity index (χ0n) is 9.77. The molecule has 1 saturated heterocycles. The van der Waals surface area contributed by atoms with E-state index in [0.29, 0.717) is 6.54 Å². The number of hydrogen-bond donors (Lipinski definition) is 1. The molecule has 1 fully saturated rings. The molecule has 3 nitrogen and oxygen atoms in total. The Hall–Kier alpha value is -0.970. The van der Waals surface area contributed by atoms with Crippen LogP contribution in [0.5, 0.6) is 0 Å². The fourth-order valence-corrected chi connectivity index (χ4v) is 1.99. The van der Waals surface area contributed by atoms with E-state index < -0.39 is 0 Å². The lowest BCUT2D eigenvalue weighted by Gasteiger charge is -2.27. The van der Waals surface area contributed by atoms with Crippen LogP contribution in [0.1, 0.15) is 24.5 Å². The maximum Gasteiger partial charge on any atom is 0.123 e. The molecule has 4 heteroatoms. The summed E-state index contributed by atoms with van der Waals surface area (Å²) >= 11 is 0. The average molecular weight is 239 g/mol. The van der Waals surface area contributed by atoms with E-state index in [9.17, 15) is 4.39 Å². The van der Waals surface area contributed by atoms with Gasteiger partial charge in [0.25, 0.3) is 0 Å². The smallest absolute Gasteiger partial charge is 0.123 e. The quantitative estimate of drug-likeness (QED) is 0.874. The number of nitrogens with two attached hydrogens (primary N) is 1. The molecule has 1 aliphatic rings. The summed E-state index contributed by atoms with van der Waals surface area (Å²) in [5.41, 5.74) is 6.64. The first-order valence-electron chi connectivity index (χ1n) is 5.98. The molecule has 17 heavy (non-hydrogen) atoms. The first-order valence-corrected chi connectivity index (χ1v) is 5.98. The number of benzene rings is 1. The van der Waals surface area contributed by atoms with Crippen molar-refractivity contribution in [1.29, 1.82) is 0 Å². The van der Waals surface area contributed by atoms with Crippen LogP contribution < -0.4 is 5.73 Å². The minimum absolute atomic E-state index is 0.154. The number of rotatable bonds is 4. The molecule has 94 valence electrons. The third-order valence-electron chi connectivity index (χ3n) is 2.98. The van der Waals surface area contributed by atoms with Crippen LogP contribution in [0.15, 0.2) is 24.3 Å². The Morgan fingerprint density at radius 3 is 2.53 bits per heavy atom. The summed E-state index contributed by atoms with van der Waals surface area (Å²) in [4.78, 5) is 0. The van der Waals surface area contributed by atoms with Gasteiger partial charge in [0.1, 0.15) is 5.82 Å². The van der Waals surface area contributed by atoms with Crippen LogP contribution in [-0.2, 0) is 9.47 Å². The van der Waals surface area contributed by atoms with E-state index in [2.05, 4.69) is 0 Å². The van der Waals surface area contributed by atoms with Crippen LogP contribution in [0.4, 0.5) is 4.39 Å². The maximum absolute atomic E-state index is 12.8. The predicted octanol–water partition coefficient (Wildman–Crippen LogP) is 2.02. The Morgan fingerprint density at radius 2 is 1.94 bits per heavy atom. The average Bonchev–Trinajstić information content (AvgIpc) is 2.38. The largest absolute Gasteiger partial charge is 0.381 e. The molecule has 0 aliphatic carbocycles. The van der Waals surface area contributed by atoms with E-state index in [-0.39, 0.29) is 18.0 Å². The van der Waals surface area contributed by atoms with Crippen LogP contribution in [-0.4, -0.2) is 25.9 Å². The molecule has 1 heterocycles. The lowest BCUT2D eigenvalue weighted by molar-refractivity contribution is -0.0665. The van der Waals surface area contributed by atoms with Gasteiger partial charge in [-0.05, 0) is 30.5 Å². The van der Waals surface area contributed by atoms with Gasteiger partial charge in [0.2, 0.25) is 0 Å². The molecule has 2 rings (SSSR count). The summed E-state index contributed by atoms with van der Waals surface area (Å²) < 4.78 is 24.0. The van der Waals surface area contributed by atoms with E-state index in [0.717, 1.165) is 31.6 Å². The van der Waals surface area contributed by atoms with E-state index in [1.807, 2.05) is 0 Å². The topological polar surface area (TPSA) is 44.5 Å². The third-order valence-corrected chi connectivity index (χ3v) is 2.98. The number of hydrogen-bond acceptors (Lipinski definition) is 3.